The molecule has 0 amide bonds. The van der Waals surface area contributed by atoms with Crippen molar-refractivity contribution in [3.05, 3.63) is 18.0 Å². The maximum atomic E-state index is 11.0. The van der Waals surface area contributed by atoms with Crippen molar-refractivity contribution in [3.8, 4) is 0 Å². The molecule has 16 heavy (non-hydrogen) atoms. The van der Waals surface area contributed by atoms with Gasteiger partial charge in [0.05, 0.1) is 5.56 Å². The van der Waals surface area contributed by atoms with Gasteiger partial charge in [-0.25, -0.2) is 9.97 Å². The minimum atomic E-state index is -0.0102. The predicted molar refractivity (Wildman–Crippen MR) is 61.6 cm³/mol. The Balaban J connectivity index is 1.87. The standard InChI is InChI=1S/C11H16N4O/c1-8(16)9-5-13-11(14-6-9)15-7-10-3-2-4-12-10/h5-6,10,12H,2-4,7H2,1H3,(H,13,14,15). The number of aromatic nitrogens is 2. The highest BCUT2D eigenvalue weighted by molar-refractivity contribution is 5.93. The number of carbonyl (C=O) groups excluding carboxylic acids is 1. The largest absolute Gasteiger partial charge is 0.353 e. The molecule has 0 aromatic carbocycles. The van der Waals surface area contributed by atoms with Crippen LogP contribution in [0.3, 0.4) is 0 Å². The maximum absolute atomic E-state index is 11.0. The zero-order chi connectivity index (χ0) is 11.4. The molecule has 1 aliphatic heterocycles. The van der Waals surface area contributed by atoms with E-state index in [9.17, 15) is 4.79 Å². The summed E-state index contributed by atoms with van der Waals surface area (Å²) in [7, 11) is 0. The lowest BCUT2D eigenvalue weighted by Gasteiger charge is -2.10. The van der Waals surface area contributed by atoms with Crippen LogP contribution in [0.25, 0.3) is 0 Å². The Labute approximate surface area is 94.7 Å². The van der Waals surface area contributed by atoms with Gasteiger partial charge >= 0.3 is 0 Å². The molecule has 0 radical (unpaired) electrons. The van der Waals surface area contributed by atoms with E-state index >= 15 is 0 Å². The highest BCUT2D eigenvalue weighted by Gasteiger charge is 2.13. The summed E-state index contributed by atoms with van der Waals surface area (Å²) < 4.78 is 0. The van der Waals surface area contributed by atoms with Gasteiger partial charge in [0.1, 0.15) is 0 Å². The van der Waals surface area contributed by atoms with E-state index in [4.69, 9.17) is 0 Å². The predicted octanol–water partition coefficient (Wildman–Crippen LogP) is 0.843. The lowest BCUT2D eigenvalue weighted by molar-refractivity contribution is 0.101. The van der Waals surface area contributed by atoms with E-state index in [0.717, 1.165) is 13.1 Å². The van der Waals surface area contributed by atoms with Crippen LogP contribution in [0.5, 0.6) is 0 Å². The van der Waals surface area contributed by atoms with Crippen LogP contribution in [-0.4, -0.2) is 34.9 Å². The molecule has 5 nitrogen and oxygen atoms in total. The first kappa shape index (κ1) is 11.0. The summed E-state index contributed by atoms with van der Waals surface area (Å²) in [5, 5.41) is 6.54. The molecule has 1 atom stereocenters. The van der Waals surface area contributed by atoms with Gasteiger partial charge in [-0.05, 0) is 26.3 Å². The lowest BCUT2D eigenvalue weighted by Crippen LogP contribution is -2.29. The van der Waals surface area contributed by atoms with E-state index in [2.05, 4.69) is 20.6 Å². The van der Waals surface area contributed by atoms with Crippen LogP contribution in [-0.2, 0) is 0 Å². The van der Waals surface area contributed by atoms with Crippen LogP contribution in [0.15, 0.2) is 12.4 Å². The Morgan fingerprint density at radius 3 is 2.88 bits per heavy atom. The number of rotatable bonds is 4. The number of carbonyl (C=O) groups is 1. The number of hydrogen-bond donors (Lipinski definition) is 2. The maximum Gasteiger partial charge on any atom is 0.222 e. The molecule has 86 valence electrons. The third-order valence-corrected chi connectivity index (χ3v) is 2.73. The second kappa shape index (κ2) is 5.03. The smallest absolute Gasteiger partial charge is 0.222 e. The van der Waals surface area contributed by atoms with Crippen LogP contribution >= 0.6 is 0 Å². The fraction of sp³-hybridized carbons (Fsp3) is 0.545. The van der Waals surface area contributed by atoms with Crippen molar-refractivity contribution < 1.29 is 4.79 Å². The van der Waals surface area contributed by atoms with Crippen LogP contribution in [0, 0.1) is 0 Å². The molecule has 5 heteroatoms. The summed E-state index contributed by atoms with van der Waals surface area (Å²) in [6.07, 6.45) is 5.54. The fourth-order valence-electron chi connectivity index (χ4n) is 1.75. The molecule has 2 heterocycles. The summed E-state index contributed by atoms with van der Waals surface area (Å²) in [6, 6.07) is 0.510. The molecule has 1 aliphatic rings. The van der Waals surface area contributed by atoms with E-state index in [1.54, 1.807) is 12.4 Å². The topological polar surface area (TPSA) is 66.9 Å². The molecule has 2 N–H and O–H groups in total. The highest BCUT2D eigenvalue weighted by Crippen LogP contribution is 2.06. The minimum Gasteiger partial charge on any atom is -0.353 e. The van der Waals surface area contributed by atoms with E-state index in [-0.39, 0.29) is 5.78 Å². The summed E-state index contributed by atoms with van der Waals surface area (Å²) >= 11 is 0. The van der Waals surface area contributed by atoms with E-state index in [1.165, 1.54) is 19.8 Å². The summed E-state index contributed by atoms with van der Waals surface area (Å²) in [4.78, 5) is 19.2. The molecular weight excluding hydrogens is 204 g/mol. The molecule has 1 unspecified atom stereocenters. The van der Waals surface area contributed by atoms with Crippen LogP contribution in [0.2, 0.25) is 0 Å². The van der Waals surface area contributed by atoms with Crippen LogP contribution in [0.1, 0.15) is 30.1 Å². The van der Waals surface area contributed by atoms with Gasteiger partial charge in [-0.1, -0.05) is 0 Å². The Morgan fingerprint density at radius 1 is 1.56 bits per heavy atom. The average Bonchev–Trinajstić information content (AvgIpc) is 2.80. The second-order valence-electron chi connectivity index (χ2n) is 4.03. The molecular formula is C11H16N4O. The number of nitrogens with zero attached hydrogens (tertiary/aromatic N) is 2. The number of Topliss-reactive ketones (excluding diaryl/α,β-unsaturated/α-hetero) is 1. The molecule has 0 bridgehead atoms. The van der Waals surface area contributed by atoms with Crippen LogP contribution < -0.4 is 10.6 Å². The first-order valence-corrected chi connectivity index (χ1v) is 5.56. The molecule has 1 aromatic heterocycles. The van der Waals surface area contributed by atoms with Gasteiger partial charge in [-0.3, -0.25) is 4.79 Å². The Hall–Kier alpha value is -1.49. The SMILES string of the molecule is CC(=O)c1cnc(NCC2CCCN2)nc1. The molecule has 0 spiro atoms. The number of anilines is 1. The van der Waals surface area contributed by atoms with Gasteiger partial charge in [0, 0.05) is 25.0 Å². The second-order valence-corrected chi connectivity index (χ2v) is 4.03. The van der Waals surface area contributed by atoms with E-state index in [1.807, 2.05) is 0 Å². The quantitative estimate of drug-likeness (QED) is 0.736. The van der Waals surface area contributed by atoms with Crippen molar-refractivity contribution in [3.63, 3.8) is 0 Å². The van der Waals surface area contributed by atoms with Gasteiger partial charge in [0.25, 0.3) is 0 Å². The molecule has 1 saturated heterocycles. The molecule has 1 fully saturated rings. The highest BCUT2D eigenvalue weighted by atomic mass is 16.1. The molecule has 1 aromatic rings. The minimum absolute atomic E-state index is 0.0102. The van der Waals surface area contributed by atoms with Crippen molar-refractivity contribution >= 4 is 11.7 Å². The Bertz CT molecular complexity index is 357. The van der Waals surface area contributed by atoms with Crippen molar-refractivity contribution in [1.82, 2.24) is 15.3 Å². The first-order chi connectivity index (χ1) is 7.75. The zero-order valence-electron chi connectivity index (χ0n) is 9.36. The lowest BCUT2D eigenvalue weighted by atomic mass is 10.2. The number of nitrogens with one attached hydrogen (secondary N) is 2. The molecule has 0 aliphatic carbocycles. The number of ketones is 1. The average molecular weight is 220 g/mol. The third-order valence-electron chi connectivity index (χ3n) is 2.73. The summed E-state index contributed by atoms with van der Waals surface area (Å²) in [6.45, 7) is 3.43. The number of hydrogen-bond acceptors (Lipinski definition) is 5. The van der Waals surface area contributed by atoms with Gasteiger partial charge in [-0.2, -0.15) is 0 Å². The van der Waals surface area contributed by atoms with Crippen molar-refractivity contribution in [2.45, 2.75) is 25.8 Å². The zero-order valence-corrected chi connectivity index (χ0v) is 9.36. The monoisotopic (exact) mass is 220 g/mol. The first-order valence-electron chi connectivity index (χ1n) is 5.56. The van der Waals surface area contributed by atoms with Crippen LogP contribution in [0.4, 0.5) is 5.95 Å². The van der Waals surface area contributed by atoms with Crippen molar-refractivity contribution in [1.29, 1.82) is 0 Å². The summed E-state index contributed by atoms with van der Waals surface area (Å²) in [5.74, 6) is 0.572. The Morgan fingerprint density at radius 2 is 2.31 bits per heavy atom. The van der Waals surface area contributed by atoms with Gasteiger partial charge in [0.15, 0.2) is 5.78 Å². The molecule has 0 saturated carbocycles. The van der Waals surface area contributed by atoms with Crippen molar-refractivity contribution in [2.24, 2.45) is 0 Å². The normalized spacial score (nSPS) is 19.7. The van der Waals surface area contributed by atoms with E-state index in [0.29, 0.717) is 17.6 Å². The third kappa shape index (κ3) is 2.76. The van der Waals surface area contributed by atoms with Gasteiger partial charge in [-0.15, -0.1) is 0 Å². The van der Waals surface area contributed by atoms with Crippen molar-refractivity contribution in [2.75, 3.05) is 18.4 Å². The fourth-order valence-corrected chi connectivity index (χ4v) is 1.75. The van der Waals surface area contributed by atoms with Gasteiger partial charge < -0.3 is 10.6 Å². The molecule has 2 rings (SSSR count). The van der Waals surface area contributed by atoms with Gasteiger partial charge in [0.2, 0.25) is 5.95 Å². The Kier molecular flexibility index (Phi) is 3.46. The summed E-state index contributed by atoms with van der Waals surface area (Å²) in [5.41, 5.74) is 0.546. The van der Waals surface area contributed by atoms with E-state index < -0.39 is 0 Å².